The quantitative estimate of drug-likeness (QED) is 0.928. The molecule has 20 heavy (non-hydrogen) atoms. The van der Waals surface area contributed by atoms with Crippen LogP contribution in [-0.2, 0) is 6.61 Å². The number of halogens is 1. The number of likely N-dealkylation sites (tertiary alicyclic amines) is 1. The Morgan fingerprint density at radius 3 is 2.70 bits per heavy atom. The fraction of sp³-hybridized carbons (Fsp3) is 0.625. The number of benzene rings is 1. The van der Waals surface area contributed by atoms with E-state index in [-0.39, 0.29) is 6.61 Å². The number of aliphatic hydroxyl groups excluding tert-OH is 1. The van der Waals surface area contributed by atoms with Crippen molar-refractivity contribution in [1.29, 1.82) is 0 Å². The molecule has 1 aromatic carbocycles. The van der Waals surface area contributed by atoms with Crippen LogP contribution in [0, 0.1) is 0 Å². The molecule has 0 radical (unpaired) electrons. The third kappa shape index (κ3) is 2.95. The summed E-state index contributed by atoms with van der Waals surface area (Å²) in [7, 11) is 0. The molecule has 4 heteroatoms. The van der Waals surface area contributed by atoms with Crippen LogP contribution in [0.4, 0.5) is 5.69 Å². The maximum atomic E-state index is 9.52. The molecule has 1 N–H and O–H groups in total. The van der Waals surface area contributed by atoms with Gasteiger partial charge in [-0.2, -0.15) is 0 Å². The molecule has 2 fully saturated rings. The number of aliphatic hydroxyl groups is 1. The van der Waals surface area contributed by atoms with Gasteiger partial charge in [0, 0.05) is 35.4 Å². The highest BCUT2D eigenvalue weighted by Crippen LogP contribution is 2.29. The number of hydrogen-bond donors (Lipinski definition) is 1. The van der Waals surface area contributed by atoms with Crippen molar-refractivity contribution in [3.63, 3.8) is 0 Å². The third-order valence-corrected chi connectivity index (χ3v) is 4.86. The predicted molar refractivity (Wildman–Crippen MR) is 83.4 cm³/mol. The highest BCUT2D eigenvalue weighted by Gasteiger charge is 2.29. The van der Waals surface area contributed by atoms with Crippen molar-refractivity contribution in [1.82, 2.24) is 4.90 Å². The Morgan fingerprint density at radius 2 is 1.95 bits per heavy atom. The minimum absolute atomic E-state index is 0.0563. The van der Waals surface area contributed by atoms with Crippen molar-refractivity contribution in [2.45, 2.75) is 38.3 Å². The maximum absolute atomic E-state index is 9.52. The predicted octanol–water partition coefficient (Wildman–Crippen LogP) is 2.90. The van der Waals surface area contributed by atoms with E-state index < -0.39 is 0 Å². The summed E-state index contributed by atoms with van der Waals surface area (Å²) in [5.41, 5.74) is 2.09. The molecule has 1 unspecified atom stereocenters. The first-order valence-corrected chi connectivity index (χ1v) is 8.04. The number of piperidine rings is 1. The van der Waals surface area contributed by atoms with Gasteiger partial charge in [0.1, 0.15) is 0 Å². The van der Waals surface area contributed by atoms with E-state index >= 15 is 0 Å². The van der Waals surface area contributed by atoms with Crippen molar-refractivity contribution in [2.24, 2.45) is 0 Å². The van der Waals surface area contributed by atoms with Crippen LogP contribution < -0.4 is 4.90 Å². The highest BCUT2D eigenvalue weighted by molar-refractivity contribution is 6.30. The average Bonchev–Trinajstić information content (AvgIpc) is 2.97. The lowest BCUT2D eigenvalue weighted by molar-refractivity contribution is 0.175. The minimum atomic E-state index is 0.0563. The molecule has 2 aliphatic heterocycles. The Kier molecular flexibility index (Phi) is 4.49. The lowest BCUT2D eigenvalue weighted by Crippen LogP contribution is -2.40. The van der Waals surface area contributed by atoms with E-state index in [2.05, 4.69) is 9.80 Å². The van der Waals surface area contributed by atoms with Crippen molar-refractivity contribution in [2.75, 3.05) is 31.1 Å². The largest absolute Gasteiger partial charge is 0.392 e. The molecular weight excluding hydrogens is 272 g/mol. The summed E-state index contributed by atoms with van der Waals surface area (Å²) in [6.07, 6.45) is 5.31. The van der Waals surface area contributed by atoms with Crippen LogP contribution in [0.15, 0.2) is 18.2 Å². The molecule has 3 rings (SSSR count). The number of rotatable bonds is 3. The zero-order valence-corrected chi connectivity index (χ0v) is 12.6. The fourth-order valence-corrected chi connectivity index (χ4v) is 3.73. The van der Waals surface area contributed by atoms with E-state index in [1.165, 1.54) is 38.8 Å². The van der Waals surface area contributed by atoms with Gasteiger partial charge < -0.3 is 10.0 Å². The molecule has 0 spiro atoms. The summed E-state index contributed by atoms with van der Waals surface area (Å²) in [5.74, 6) is 0. The highest BCUT2D eigenvalue weighted by atomic mass is 35.5. The van der Waals surface area contributed by atoms with Crippen LogP contribution in [0.3, 0.4) is 0 Å². The second kappa shape index (κ2) is 6.33. The molecule has 110 valence electrons. The summed E-state index contributed by atoms with van der Waals surface area (Å²) < 4.78 is 0. The molecule has 0 aliphatic carbocycles. The molecule has 2 saturated heterocycles. The van der Waals surface area contributed by atoms with Gasteiger partial charge in [0.2, 0.25) is 0 Å². The molecule has 1 atom stereocenters. The molecule has 1 aromatic rings. The van der Waals surface area contributed by atoms with E-state index in [1.807, 2.05) is 18.2 Å². The Labute approximate surface area is 126 Å². The van der Waals surface area contributed by atoms with Gasteiger partial charge in [-0.25, -0.2) is 0 Å². The van der Waals surface area contributed by atoms with E-state index in [0.717, 1.165) is 24.3 Å². The molecule has 2 aliphatic rings. The summed E-state index contributed by atoms with van der Waals surface area (Å²) in [6, 6.07) is 6.53. The summed E-state index contributed by atoms with van der Waals surface area (Å²) >= 11 is 6.01. The Hall–Kier alpha value is -0.770. The first-order valence-electron chi connectivity index (χ1n) is 7.66. The van der Waals surface area contributed by atoms with Crippen molar-refractivity contribution in [3.8, 4) is 0 Å². The summed E-state index contributed by atoms with van der Waals surface area (Å²) in [5, 5.41) is 10.2. The zero-order chi connectivity index (χ0) is 13.9. The number of hydrogen-bond acceptors (Lipinski definition) is 3. The van der Waals surface area contributed by atoms with Gasteiger partial charge in [0.05, 0.1) is 6.61 Å². The molecule has 0 amide bonds. The zero-order valence-electron chi connectivity index (χ0n) is 11.9. The lowest BCUT2D eigenvalue weighted by Gasteiger charge is -2.32. The Balaban J connectivity index is 1.70. The maximum Gasteiger partial charge on any atom is 0.0702 e. The number of anilines is 1. The lowest BCUT2D eigenvalue weighted by atomic mass is 10.1. The molecule has 3 nitrogen and oxygen atoms in total. The summed E-state index contributed by atoms with van der Waals surface area (Å²) in [4.78, 5) is 5.05. The van der Waals surface area contributed by atoms with Gasteiger partial charge in [-0.15, -0.1) is 0 Å². The Morgan fingerprint density at radius 1 is 1.15 bits per heavy atom. The Bertz CT molecular complexity index is 460. The first-order chi connectivity index (χ1) is 9.78. The monoisotopic (exact) mass is 294 g/mol. The third-order valence-electron chi connectivity index (χ3n) is 4.62. The van der Waals surface area contributed by atoms with E-state index in [1.54, 1.807) is 0 Å². The fourth-order valence-electron chi connectivity index (χ4n) is 3.53. The van der Waals surface area contributed by atoms with Gasteiger partial charge in [-0.3, -0.25) is 4.90 Å². The van der Waals surface area contributed by atoms with E-state index in [9.17, 15) is 5.11 Å². The number of nitrogens with zero attached hydrogens (tertiary/aromatic N) is 2. The van der Waals surface area contributed by atoms with Gasteiger partial charge in [-0.1, -0.05) is 18.0 Å². The van der Waals surface area contributed by atoms with E-state index in [0.29, 0.717) is 11.1 Å². The van der Waals surface area contributed by atoms with Crippen LogP contribution in [0.5, 0.6) is 0 Å². The average molecular weight is 295 g/mol. The topological polar surface area (TPSA) is 26.7 Å². The van der Waals surface area contributed by atoms with Crippen LogP contribution in [0.2, 0.25) is 5.02 Å². The van der Waals surface area contributed by atoms with Crippen molar-refractivity contribution in [3.05, 3.63) is 28.8 Å². The SMILES string of the molecule is OCc1cc(Cl)ccc1N1CCC(N2CCCCC2)C1. The van der Waals surface area contributed by atoms with Gasteiger partial charge in [0.25, 0.3) is 0 Å². The van der Waals surface area contributed by atoms with Crippen LogP contribution in [0.25, 0.3) is 0 Å². The van der Waals surface area contributed by atoms with E-state index in [4.69, 9.17) is 11.6 Å². The van der Waals surface area contributed by atoms with Crippen LogP contribution >= 0.6 is 11.6 Å². The minimum Gasteiger partial charge on any atom is -0.392 e. The van der Waals surface area contributed by atoms with Crippen molar-refractivity contribution >= 4 is 17.3 Å². The van der Waals surface area contributed by atoms with Crippen LogP contribution in [0.1, 0.15) is 31.2 Å². The standard InChI is InChI=1S/C16H23ClN2O/c17-14-4-5-16(13(10-14)12-20)19-9-6-15(11-19)18-7-2-1-3-8-18/h4-5,10,15,20H,1-3,6-9,11-12H2. The molecule has 0 bridgehead atoms. The smallest absolute Gasteiger partial charge is 0.0702 e. The second-order valence-electron chi connectivity index (χ2n) is 5.92. The molecular formula is C16H23ClN2O. The normalized spacial score (nSPS) is 24.3. The van der Waals surface area contributed by atoms with Gasteiger partial charge in [0.15, 0.2) is 0 Å². The summed E-state index contributed by atoms with van der Waals surface area (Å²) in [6.45, 7) is 4.73. The first kappa shape index (κ1) is 14.2. The molecule has 2 heterocycles. The van der Waals surface area contributed by atoms with Gasteiger partial charge in [-0.05, 0) is 50.6 Å². The second-order valence-corrected chi connectivity index (χ2v) is 6.35. The van der Waals surface area contributed by atoms with Crippen molar-refractivity contribution < 1.29 is 5.11 Å². The van der Waals surface area contributed by atoms with Gasteiger partial charge >= 0.3 is 0 Å². The molecule has 0 aromatic heterocycles. The van der Waals surface area contributed by atoms with Crippen LogP contribution in [-0.4, -0.2) is 42.2 Å². The molecule has 0 saturated carbocycles.